The smallest absolute Gasteiger partial charge is 0.149 e. The molecule has 0 aromatic heterocycles. The van der Waals surface area contributed by atoms with Crippen molar-refractivity contribution < 1.29 is 4.79 Å². The highest BCUT2D eigenvalue weighted by Gasteiger charge is 2.27. The summed E-state index contributed by atoms with van der Waals surface area (Å²) < 4.78 is 0. The second-order valence-electron chi connectivity index (χ2n) is 5.07. The molecule has 1 rings (SSSR count). The summed E-state index contributed by atoms with van der Waals surface area (Å²) in [4.78, 5) is 16.5. The molecule has 1 aliphatic rings. The minimum atomic E-state index is 0.216. The molecular formula is C13H26N2O. The van der Waals surface area contributed by atoms with Crippen molar-refractivity contribution in [3.8, 4) is 0 Å². The van der Waals surface area contributed by atoms with Gasteiger partial charge in [-0.05, 0) is 39.9 Å². The van der Waals surface area contributed by atoms with Crippen LogP contribution in [-0.2, 0) is 4.79 Å². The van der Waals surface area contributed by atoms with Crippen molar-refractivity contribution in [3.63, 3.8) is 0 Å². The lowest BCUT2D eigenvalue weighted by Crippen LogP contribution is -2.45. The van der Waals surface area contributed by atoms with Crippen LogP contribution in [-0.4, -0.2) is 55.4 Å². The highest BCUT2D eigenvalue weighted by atomic mass is 16.1. The van der Waals surface area contributed by atoms with E-state index in [0.29, 0.717) is 5.78 Å². The van der Waals surface area contributed by atoms with Crippen molar-refractivity contribution in [3.05, 3.63) is 0 Å². The SMILES string of the molecule is CCCN(CCN(C)C)C1CCCCC1=O. The lowest BCUT2D eigenvalue weighted by Gasteiger charge is -2.33. The summed E-state index contributed by atoms with van der Waals surface area (Å²) in [6, 6.07) is 0.216. The highest BCUT2D eigenvalue weighted by molar-refractivity contribution is 5.84. The molecule has 0 spiro atoms. The maximum atomic E-state index is 11.9. The van der Waals surface area contributed by atoms with Crippen molar-refractivity contribution in [2.75, 3.05) is 33.7 Å². The quantitative estimate of drug-likeness (QED) is 0.689. The average Bonchev–Trinajstić information content (AvgIpc) is 2.25. The van der Waals surface area contributed by atoms with E-state index < -0.39 is 0 Å². The molecule has 1 fully saturated rings. The summed E-state index contributed by atoms with van der Waals surface area (Å²) in [6.07, 6.45) is 5.33. The van der Waals surface area contributed by atoms with Crippen molar-refractivity contribution in [2.45, 2.75) is 45.1 Å². The Morgan fingerprint density at radius 2 is 1.94 bits per heavy atom. The number of hydrogen-bond donors (Lipinski definition) is 0. The van der Waals surface area contributed by atoms with Gasteiger partial charge in [0.15, 0.2) is 0 Å². The Morgan fingerprint density at radius 1 is 1.19 bits per heavy atom. The van der Waals surface area contributed by atoms with Gasteiger partial charge in [-0.1, -0.05) is 13.3 Å². The highest BCUT2D eigenvalue weighted by Crippen LogP contribution is 2.19. The Labute approximate surface area is 99.8 Å². The first-order chi connectivity index (χ1) is 7.65. The Morgan fingerprint density at radius 3 is 2.50 bits per heavy atom. The summed E-state index contributed by atoms with van der Waals surface area (Å²) in [5, 5.41) is 0. The van der Waals surface area contributed by atoms with E-state index in [4.69, 9.17) is 0 Å². The first-order valence-corrected chi connectivity index (χ1v) is 6.56. The van der Waals surface area contributed by atoms with Crippen LogP contribution in [0, 0.1) is 0 Å². The number of carbonyl (C=O) groups excluding carboxylic acids is 1. The van der Waals surface area contributed by atoms with E-state index in [-0.39, 0.29) is 6.04 Å². The summed E-state index contributed by atoms with van der Waals surface area (Å²) in [5.74, 6) is 0.471. The van der Waals surface area contributed by atoms with Crippen LogP contribution in [0.3, 0.4) is 0 Å². The largest absolute Gasteiger partial charge is 0.308 e. The fourth-order valence-corrected chi connectivity index (χ4v) is 2.39. The number of likely N-dealkylation sites (N-methyl/N-ethyl adjacent to an activating group) is 1. The molecule has 0 N–H and O–H groups in total. The predicted octanol–water partition coefficient (Wildman–Crippen LogP) is 1.77. The molecule has 0 aromatic rings. The number of hydrogen-bond acceptors (Lipinski definition) is 3. The zero-order chi connectivity index (χ0) is 12.0. The summed E-state index contributed by atoms with van der Waals surface area (Å²) in [6.45, 7) is 5.32. The van der Waals surface area contributed by atoms with E-state index in [0.717, 1.165) is 45.3 Å². The molecule has 3 heteroatoms. The molecule has 0 heterocycles. The third kappa shape index (κ3) is 4.22. The average molecular weight is 226 g/mol. The van der Waals surface area contributed by atoms with Gasteiger partial charge >= 0.3 is 0 Å². The maximum absolute atomic E-state index is 11.9. The molecule has 1 atom stereocenters. The van der Waals surface area contributed by atoms with E-state index >= 15 is 0 Å². The van der Waals surface area contributed by atoms with Gasteiger partial charge in [0, 0.05) is 19.5 Å². The fourth-order valence-electron chi connectivity index (χ4n) is 2.39. The second kappa shape index (κ2) is 7.02. The molecule has 0 saturated heterocycles. The number of rotatable bonds is 6. The van der Waals surface area contributed by atoms with Crippen LogP contribution in [0.4, 0.5) is 0 Å². The van der Waals surface area contributed by atoms with Crippen molar-refractivity contribution in [1.29, 1.82) is 0 Å². The molecule has 94 valence electrons. The van der Waals surface area contributed by atoms with E-state index in [1.54, 1.807) is 0 Å². The Bertz CT molecular complexity index is 216. The van der Waals surface area contributed by atoms with Gasteiger partial charge < -0.3 is 4.90 Å². The molecule has 1 saturated carbocycles. The standard InChI is InChI=1S/C13H26N2O/c1-4-9-15(11-10-14(2)3)12-7-5-6-8-13(12)16/h12H,4-11H2,1-3H3. The summed E-state index contributed by atoms with van der Waals surface area (Å²) in [7, 11) is 4.18. The molecule has 0 amide bonds. The number of nitrogens with zero attached hydrogens (tertiary/aromatic N) is 2. The lowest BCUT2D eigenvalue weighted by molar-refractivity contribution is -0.126. The third-order valence-electron chi connectivity index (χ3n) is 3.31. The predicted molar refractivity (Wildman–Crippen MR) is 67.7 cm³/mol. The van der Waals surface area contributed by atoms with Gasteiger partial charge in [0.1, 0.15) is 5.78 Å². The molecule has 0 aliphatic heterocycles. The van der Waals surface area contributed by atoms with Crippen LogP contribution < -0.4 is 0 Å². The minimum absolute atomic E-state index is 0.216. The van der Waals surface area contributed by atoms with E-state index in [2.05, 4.69) is 30.8 Å². The Balaban J connectivity index is 2.49. The summed E-state index contributed by atoms with van der Waals surface area (Å²) >= 11 is 0. The van der Waals surface area contributed by atoms with Crippen molar-refractivity contribution in [2.24, 2.45) is 0 Å². The van der Waals surface area contributed by atoms with Gasteiger partial charge in [0.05, 0.1) is 6.04 Å². The van der Waals surface area contributed by atoms with Crippen LogP contribution in [0.25, 0.3) is 0 Å². The molecule has 1 unspecified atom stereocenters. The molecule has 16 heavy (non-hydrogen) atoms. The van der Waals surface area contributed by atoms with Crippen LogP contribution >= 0.6 is 0 Å². The number of Topliss-reactive ketones (excluding diaryl/α,β-unsaturated/α-hetero) is 1. The minimum Gasteiger partial charge on any atom is -0.308 e. The molecule has 1 aliphatic carbocycles. The molecule has 0 bridgehead atoms. The van der Waals surface area contributed by atoms with Gasteiger partial charge in [-0.3, -0.25) is 9.69 Å². The normalized spacial score (nSPS) is 22.1. The molecule has 0 radical (unpaired) electrons. The van der Waals surface area contributed by atoms with Gasteiger partial charge in [-0.2, -0.15) is 0 Å². The van der Waals surface area contributed by atoms with Crippen LogP contribution in [0.1, 0.15) is 39.0 Å². The van der Waals surface area contributed by atoms with Gasteiger partial charge in [-0.25, -0.2) is 0 Å². The Kier molecular flexibility index (Phi) is 5.99. The van der Waals surface area contributed by atoms with Crippen molar-refractivity contribution in [1.82, 2.24) is 9.80 Å². The Hall–Kier alpha value is -0.410. The molecular weight excluding hydrogens is 200 g/mol. The van der Waals surface area contributed by atoms with Crippen LogP contribution in [0.5, 0.6) is 0 Å². The number of carbonyl (C=O) groups is 1. The van der Waals surface area contributed by atoms with E-state index in [9.17, 15) is 4.79 Å². The van der Waals surface area contributed by atoms with Gasteiger partial charge in [-0.15, -0.1) is 0 Å². The fraction of sp³-hybridized carbons (Fsp3) is 0.923. The van der Waals surface area contributed by atoms with Crippen molar-refractivity contribution >= 4 is 5.78 Å². The van der Waals surface area contributed by atoms with Crippen LogP contribution in [0.2, 0.25) is 0 Å². The first kappa shape index (κ1) is 13.7. The van der Waals surface area contributed by atoms with E-state index in [1.807, 2.05) is 0 Å². The topological polar surface area (TPSA) is 23.6 Å². The van der Waals surface area contributed by atoms with E-state index in [1.165, 1.54) is 6.42 Å². The third-order valence-corrected chi connectivity index (χ3v) is 3.31. The zero-order valence-corrected chi connectivity index (χ0v) is 11.0. The summed E-state index contributed by atoms with van der Waals surface area (Å²) in [5.41, 5.74) is 0. The van der Waals surface area contributed by atoms with Gasteiger partial charge in [0.25, 0.3) is 0 Å². The second-order valence-corrected chi connectivity index (χ2v) is 5.07. The lowest BCUT2D eigenvalue weighted by atomic mass is 9.92. The first-order valence-electron chi connectivity index (χ1n) is 6.56. The van der Waals surface area contributed by atoms with Crippen LogP contribution in [0.15, 0.2) is 0 Å². The molecule has 0 aromatic carbocycles. The maximum Gasteiger partial charge on any atom is 0.149 e. The number of ketones is 1. The molecule has 3 nitrogen and oxygen atoms in total. The zero-order valence-electron chi connectivity index (χ0n) is 11.0. The van der Waals surface area contributed by atoms with Gasteiger partial charge in [0.2, 0.25) is 0 Å². The monoisotopic (exact) mass is 226 g/mol.